The molecule has 0 aromatic heterocycles. The zero-order valence-corrected chi connectivity index (χ0v) is 14.2. The monoisotopic (exact) mass is 291 g/mol. The van der Waals surface area contributed by atoms with E-state index in [1.165, 1.54) is 23.6 Å². The average Bonchev–Trinajstić information content (AvgIpc) is 2.38. The van der Waals surface area contributed by atoms with E-state index in [4.69, 9.17) is 0 Å². The molecule has 0 bridgehead atoms. The van der Waals surface area contributed by atoms with Crippen molar-refractivity contribution in [1.29, 1.82) is 0 Å². The summed E-state index contributed by atoms with van der Waals surface area (Å²) in [7, 11) is -1.17. The van der Waals surface area contributed by atoms with E-state index in [1.807, 2.05) is 0 Å². The van der Waals surface area contributed by atoms with Gasteiger partial charge < -0.3 is 10.4 Å². The summed E-state index contributed by atoms with van der Waals surface area (Å²) in [6.07, 6.45) is 4.35. The van der Waals surface area contributed by atoms with E-state index >= 15 is 0 Å². The van der Waals surface area contributed by atoms with Gasteiger partial charge in [-0.1, -0.05) is 55.5 Å². The van der Waals surface area contributed by atoms with E-state index in [-0.39, 0.29) is 6.10 Å². The van der Waals surface area contributed by atoms with Gasteiger partial charge in [0, 0.05) is 6.54 Å². The SMILES string of the molecule is C[Si](C)(C)c1ccc(CNCC2CCCC(O)C2)cc1. The van der Waals surface area contributed by atoms with Gasteiger partial charge >= 0.3 is 0 Å². The third-order valence-corrected chi connectivity index (χ3v) is 6.40. The maximum absolute atomic E-state index is 9.68. The van der Waals surface area contributed by atoms with Crippen molar-refractivity contribution in [2.24, 2.45) is 5.92 Å². The number of benzene rings is 1. The molecule has 2 unspecified atom stereocenters. The predicted octanol–water partition coefficient (Wildman–Crippen LogP) is 2.87. The van der Waals surface area contributed by atoms with E-state index in [9.17, 15) is 5.11 Å². The van der Waals surface area contributed by atoms with Crippen LogP contribution in [0.15, 0.2) is 24.3 Å². The molecule has 112 valence electrons. The fraction of sp³-hybridized carbons (Fsp3) is 0.647. The van der Waals surface area contributed by atoms with Crippen molar-refractivity contribution in [2.75, 3.05) is 6.54 Å². The third-order valence-electron chi connectivity index (χ3n) is 4.34. The summed E-state index contributed by atoms with van der Waals surface area (Å²) in [4.78, 5) is 0. The Morgan fingerprint density at radius 1 is 1.15 bits per heavy atom. The lowest BCUT2D eigenvalue weighted by atomic mass is 9.87. The van der Waals surface area contributed by atoms with E-state index in [0.29, 0.717) is 5.92 Å². The Morgan fingerprint density at radius 2 is 1.85 bits per heavy atom. The van der Waals surface area contributed by atoms with Gasteiger partial charge in [-0.15, -0.1) is 0 Å². The van der Waals surface area contributed by atoms with E-state index in [0.717, 1.165) is 25.9 Å². The summed E-state index contributed by atoms with van der Waals surface area (Å²) >= 11 is 0. The highest BCUT2D eigenvalue weighted by atomic mass is 28.3. The van der Waals surface area contributed by atoms with Crippen LogP contribution in [-0.4, -0.2) is 25.8 Å². The molecular weight excluding hydrogens is 262 g/mol. The second-order valence-corrected chi connectivity index (χ2v) is 12.3. The molecule has 1 fully saturated rings. The lowest BCUT2D eigenvalue weighted by molar-refractivity contribution is 0.101. The highest BCUT2D eigenvalue weighted by Crippen LogP contribution is 2.23. The number of rotatable bonds is 5. The van der Waals surface area contributed by atoms with E-state index in [2.05, 4.69) is 49.2 Å². The van der Waals surface area contributed by atoms with Gasteiger partial charge in [0.15, 0.2) is 0 Å². The molecule has 0 saturated heterocycles. The second kappa shape index (κ2) is 6.88. The summed E-state index contributed by atoms with van der Waals surface area (Å²) in [6.45, 7) is 9.13. The van der Waals surface area contributed by atoms with Gasteiger partial charge in [-0.05, 0) is 37.3 Å². The standard InChI is InChI=1S/C17H29NOSi/c1-20(2,3)17-9-7-14(8-10-17)12-18-13-15-5-4-6-16(19)11-15/h7-10,15-16,18-19H,4-6,11-13H2,1-3H3. The Hall–Kier alpha value is -0.643. The van der Waals surface area contributed by atoms with Crippen molar-refractivity contribution >= 4 is 13.3 Å². The van der Waals surface area contributed by atoms with Crippen molar-refractivity contribution < 1.29 is 5.11 Å². The fourth-order valence-electron chi connectivity index (χ4n) is 2.99. The summed E-state index contributed by atoms with van der Waals surface area (Å²) in [5.74, 6) is 0.653. The van der Waals surface area contributed by atoms with Crippen molar-refractivity contribution in [3.05, 3.63) is 29.8 Å². The molecule has 2 N–H and O–H groups in total. The Balaban J connectivity index is 1.77. The molecular formula is C17H29NOSi. The molecule has 1 saturated carbocycles. The lowest BCUT2D eigenvalue weighted by Crippen LogP contribution is -2.37. The summed E-state index contributed by atoms with van der Waals surface area (Å²) in [5, 5.41) is 14.8. The van der Waals surface area contributed by atoms with Crippen LogP contribution >= 0.6 is 0 Å². The molecule has 0 spiro atoms. The molecule has 0 aliphatic heterocycles. The fourth-order valence-corrected chi connectivity index (χ4v) is 4.16. The number of hydrogen-bond donors (Lipinski definition) is 2. The normalized spacial score (nSPS) is 23.8. The molecule has 1 aromatic carbocycles. The Bertz CT molecular complexity index is 410. The van der Waals surface area contributed by atoms with Crippen LogP contribution < -0.4 is 10.5 Å². The van der Waals surface area contributed by atoms with Crippen LogP contribution in [0.2, 0.25) is 19.6 Å². The second-order valence-electron chi connectivity index (χ2n) is 7.26. The van der Waals surface area contributed by atoms with Gasteiger partial charge in [0.1, 0.15) is 0 Å². The maximum atomic E-state index is 9.68. The van der Waals surface area contributed by atoms with E-state index in [1.54, 1.807) is 0 Å². The molecule has 2 rings (SSSR count). The maximum Gasteiger partial charge on any atom is 0.0775 e. The number of aliphatic hydroxyl groups excluding tert-OH is 1. The average molecular weight is 292 g/mol. The molecule has 0 amide bonds. The largest absolute Gasteiger partial charge is 0.393 e. The van der Waals surface area contributed by atoms with Crippen LogP contribution in [-0.2, 0) is 6.54 Å². The lowest BCUT2D eigenvalue weighted by Gasteiger charge is -2.26. The molecule has 0 heterocycles. The summed E-state index contributed by atoms with van der Waals surface area (Å²) < 4.78 is 0. The molecule has 20 heavy (non-hydrogen) atoms. The number of nitrogens with one attached hydrogen (secondary N) is 1. The Labute approximate surface area is 124 Å². The van der Waals surface area contributed by atoms with Crippen LogP contribution in [0.1, 0.15) is 31.2 Å². The zero-order valence-electron chi connectivity index (χ0n) is 13.2. The first-order valence-corrected chi connectivity index (χ1v) is 11.4. The van der Waals surface area contributed by atoms with Gasteiger partial charge in [0.2, 0.25) is 0 Å². The molecule has 1 aliphatic carbocycles. The van der Waals surface area contributed by atoms with Gasteiger partial charge in [-0.2, -0.15) is 0 Å². The molecule has 1 aliphatic rings. The predicted molar refractivity (Wildman–Crippen MR) is 89.1 cm³/mol. The topological polar surface area (TPSA) is 32.3 Å². The molecule has 0 radical (unpaired) electrons. The van der Waals surface area contributed by atoms with Crippen molar-refractivity contribution in [1.82, 2.24) is 5.32 Å². The smallest absolute Gasteiger partial charge is 0.0775 e. The van der Waals surface area contributed by atoms with Crippen LogP contribution in [0, 0.1) is 5.92 Å². The summed E-state index contributed by atoms with van der Waals surface area (Å²) in [5.41, 5.74) is 1.36. The van der Waals surface area contributed by atoms with Gasteiger partial charge in [0.25, 0.3) is 0 Å². The molecule has 1 aromatic rings. The summed E-state index contributed by atoms with van der Waals surface area (Å²) in [6, 6.07) is 9.12. The quantitative estimate of drug-likeness (QED) is 0.818. The highest BCUT2D eigenvalue weighted by Gasteiger charge is 2.19. The van der Waals surface area contributed by atoms with Crippen LogP contribution in [0.3, 0.4) is 0 Å². The first-order valence-electron chi connectivity index (χ1n) is 7.93. The molecule has 3 heteroatoms. The third kappa shape index (κ3) is 4.72. The van der Waals surface area contributed by atoms with Crippen LogP contribution in [0.25, 0.3) is 0 Å². The molecule has 2 atom stereocenters. The first-order chi connectivity index (χ1) is 9.45. The van der Waals surface area contributed by atoms with E-state index < -0.39 is 8.07 Å². The zero-order chi connectivity index (χ0) is 14.6. The first kappa shape index (κ1) is 15.7. The minimum atomic E-state index is -1.17. The Kier molecular flexibility index (Phi) is 5.41. The van der Waals surface area contributed by atoms with Gasteiger partial charge in [-0.3, -0.25) is 0 Å². The minimum absolute atomic E-state index is 0.0634. The number of hydrogen-bond acceptors (Lipinski definition) is 2. The van der Waals surface area contributed by atoms with Crippen molar-refractivity contribution in [3.8, 4) is 0 Å². The number of aliphatic hydroxyl groups is 1. The highest BCUT2D eigenvalue weighted by molar-refractivity contribution is 6.88. The van der Waals surface area contributed by atoms with Crippen molar-refractivity contribution in [3.63, 3.8) is 0 Å². The minimum Gasteiger partial charge on any atom is -0.393 e. The van der Waals surface area contributed by atoms with Gasteiger partial charge in [0.05, 0.1) is 14.2 Å². The molecule has 2 nitrogen and oxygen atoms in total. The van der Waals surface area contributed by atoms with Crippen molar-refractivity contribution in [2.45, 2.75) is 58.0 Å². The Morgan fingerprint density at radius 3 is 2.45 bits per heavy atom. The van der Waals surface area contributed by atoms with Crippen LogP contribution in [0.4, 0.5) is 0 Å². The van der Waals surface area contributed by atoms with Gasteiger partial charge in [-0.25, -0.2) is 0 Å². The van der Waals surface area contributed by atoms with Crippen LogP contribution in [0.5, 0.6) is 0 Å².